The summed E-state index contributed by atoms with van der Waals surface area (Å²) in [6.45, 7) is 3.88. The van der Waals surface area contributed by atoms with Gasteiger partial charge in [0.25, 0.3) is 5.91 Å². The van der Waals surface area contributed by atoms with Gasteiger partial charge in [-0.1, -0.05) is 11.3 Å². The average molecular weight is 438 g/mol. The Hall–Kier alpha value is -2.22. The Labute approximate surface area is 180 Å². The van der Waals surface area contributed by atoms with Gasteiger partial charge < -0.3 is 9.64 Å². The maximum atomic E-state index is 13.5. The van der Waals surface area contributed by atoms with Gasteiger partial charge in [-0.15, -0.1) is 12.4 Å². The predicted octanol–water partition coefficient (Wildman–Crippen LogP) is 4.85. The van der Waals surface area contributed by atoms with Gasteiger partial charge in [-0.3, -0.25) is 9.69 Å². The number of halogens is 2. The number of thiazole rings is 1. The molecule has 0 bridgehead atoms. The highest BCUT2D eigenvalue weighted by Gasteiger charge is 2.21. The van der Waals surface area contributed by atoms with E-state index in [-0.39, 0.29) is 24.1 Å². The summed E-state index contributed by atoms with van der Waals surface area (Å²) in [5.74, 6) is 0.301. The molecule has 156 valence electrons. The molecule has 8 heteroatoms. The highest BCUT2D eigenvalue weighted by Crippen LogP contribution is 2.30. The fraction of sp³-hybridized carbons (Fsp3) is 0.333. The smallest absolute Gasteiger partial charge is 0.260 e. The molecule has 0 unspecified atom stereocenters. The molecule has 0 aliphatic heterocycles. The molecule has 0 aliphatic rings. The first-order chi connectivity index (χ1) is 13.5. The summed E-state index contributed by atoms with van der Waals surface area (Å²) in [5, 5.41) is 0.582. The number of nitrogens with zero attached hydrogens (tertiary/aromatic N) is 3. The number of hydrogen-bond acceptors (Lipinski definition) is 5. The van der Waals surface area contributed by atoms with Crippen LogP contribution >= 0.6 is 23.7 Å². The van der Waals surface area contributed by atoms with E-state index in [2.05, 4.69) is 9.88 Å². The van der Waals surface area contributed by atoms with Gasteiger partial charge in [-0.2, -0.15) is 0 Å². The summed E-state index contributed by atoms with van der Waals surface area (Å²) in [7, 11) is 4.00. The summed E-state index contributed by atoms with van der Waals surface area (Å²) < 4.78 is 19.7. The summed E-state index contributed by atoms with van der Waals surface area (Å²) in [4.78, 5) is 21.5. The Bertz CT molecular complexity index is 947. The van der Waals surface area contributed by atoms with Crippen molar-refractivity contribution in [3.8, 4) is 5.75 Å². The van der Waals surface area contributed by atoms with Gasteiger partial charge in [0.1, 0.15) is 11.6 Å². The van der Waals surface area contributed by atoms with Gasteiger partial charge in [0.2, 0.25) is 0 Å². The fourth-order valence-electron chi connectivity index (χ4n) is 2.85. The lowest BCUT2D eigenvalue weighted by Crippen LogP contribution is -2.33. The first kappa shape index (κ1) is 23.1. The molecule has 1 heterocycles. The molecule has 0 saturated heterocycles. The molecule has 0 spiro atoms. The van der Waals surface area contributed by atoms with Crippen molar-refractivity contribution in [2.24, 2.45) is 0 Å². The molecule has 1 amide bonds. The van der Waals surface area contributed by atoms with Crippen molar-refractivity contribution in [3.05, 3.63) is 53.8 Å². The number of carbonyl (C=O) groups is 1. The van der Waals surface area contributed by atoms with E-state index in [4.69, 9.17) is 4.74 Å². The van der Waals surface area contributed by atoms with Crippen LogP contribution in [-0.4, -0.2) is 49.6 Å². The summed E-state index contributed by atoms with van der Waals surface area (Å²) >= 11 is 1.33. The lowest BCUT2D eigenvalue weighted by Gasteiger charge is -2.21. The zero-order valence-electron chi connectivity index (χ0n) is 16.7. The normalized spacial score (nSPS) is 10.8. The van der Waals surface area contributed by atoms with Crippen LogP contribution in [0.15, 0.2) is 42.5 Å². The van der Waals surface area contributed by atoms with Crippen LogP contribution in [-0.2, 0) is 0 Å². The van der Waals surface area contributed by atoms with Crippen LogP contribution in [0.4, 0.5) is 9.52 Å². The average Bonchev–Trinajstić information content (AvgIpc) is 3.08. The molecule has 0 aliphatic carbocycles. The standard InChI is InChI=1S/C21H24FN3O2S.ClH/c1-4-27-17-9-6-15(7-10-17)20(26)25(13-5-12-24(2)3)21-23-18-11-8-16(22)14-19(18)28-21;/h6-11,14H,4-5,12-13H2,1-3H3;1H. The van der Waals surface area contributed by atoms with E-state index in [0.29, 0.717) is 29.4 Å². The first-order valence-electron chi connectivity index (χ1n) is 9.23. The van der Waals surface area contributed by atoms with Crippen molar-refractivity contribution in [2.75, 3.05) is 38.7 Å². The number of hydrogen-bond donors (Lipinski definition) is 0. The second-order valence-electron chi connectivity index (χ2n) is 6.68. The molecule has 0 radical (unpaired) electrons. The van der Waals surface area contributed by atoms with E-state index < -0.39 is 0 Å². The molecule has 3 aromatic rings. The third-order valence-electron chi connectivity index (χ3n) is 4.21. The summed E-state index contributed by atoms with van der Waals surface area (Å²) in [5.41, 5.74) is 1.26. The zero-order chi connectivity index (χ0) is 20.1. The van der Waals surface area contributed by atoms with Crippen molar-refractivity contribution < 1.29 is 13.9 Å². The van der Waals surface area contributed by atoms with Crippen molar-refractivity contribution >= 4 is 45.0 Å². The minimum absolute atomic E-state index is 0. The van der Waals surface area contributed by atoms with Crippen molar-refractivity contribution in [1.29, 1.82) is 0 Å². The number of fused-ring (bicyclic) bond motifs is 1. The molecular formula is C21H25ClFN3O2S. The highest BCUT2D eigenvalue weighted by molar-refractivity contribution is 7.22. The third kappa shape index (κ3) is 5.88. The van der Waals surface area contributed by atoms with E-state index in [9.17, 15) is 9.18 Å². The number of carbonyl (C=O) groups excluding carboxylic acids is 1. The Kier molecular flexibility index (Phi) is 8.37. The van der Waals surface area contributed by atoms with Gasteiger partial charge in [0.15, 0.2) is 5.13 Å². The second-order valence-corrected chi connectivity index (χ2v) is 7.69. The molecule has 1 aromatic heterocycles. The minimum Gasteiger partial charge on any atom is -0.494 e. The van der Waals surface area contributed by atoms with E-state index >= 15 is 0 Å². The van der Waals surface area contributed by atoms with E-state index in [0.717, 1.165) is 23.4 Å². The largest absolute Gasteiger partial charge is 0.494 e. The van der Waals surface area contributed by atoms with Gasteiger partial charge in [0, 0.05) is 12.1 Å². The molecule has 0 N–H and O–H groups in total. The predicted molar refractivity (Wildman–Crippen MR) is 119 cm³/mol. The maximum Gasteiger partial charge on any atom is 0.260 e. The molecule has 0 saturated carbocycles. The number of amides is 1. The molecule has 0 atom stereocenters. The van der Waals surface area contributed by atoms with Crippen molar-refractivity contribution in [2.45, 2.75) is 13.3 Å². The molecular weight excluding hydrogens is 413 g/mol. The van der Waals surface area contributed by atoms with Crippen LogP contribution in [0.5, 0.6) is 5.75 Å². The Morgan fingerprint density at radius 1 is 1.14 bits per heavy atom. The zero-order valence-corrected chi connectivity index (χ0v) is 18.4. The van der Waals surface area contributed by atoms with Crippen LogP contribution in [0, 0.1) is 5.82 Å². The maximum absolute atomic E-state index is 13.5. The molecule has 2 aromatic carbocycles. The Morgan fingerprint density at radius 3 is 2.52 bits per heavy atom. The van der Waals surface area contributed by atoms with Gasteiger partial charge >= 0.3 is 0 Å². The Morgan fingerprint density at radius 2 is 1.86 bits per heavy atom. The van der Waals surface area contributed by atoms with E-state index in [1.807, 2.05) is 21.0 Å². The van der Waals surface area contributed by atoms with Crippen LogP contribution in [0.25, 0.3) is 10.2 Å². The minimum atomic E-state index is -0.306. The number of aromatic nitrogens is 1. The van der Waals surface area contributed by atoms with Crippen LogP contribution in [0.2, 0.25) is 0 Å². The molecule has 0 fully saturated rings. The molecule has 5 nitrogen and oxygen atoms in total. The van der Waals surface area contributed by atoms with E-state index in [1.165, 1.54) is 23.5 Å². The topological polar surface area (TPSA) is 45.7 Å². The quantitative estimate of drug-likeness (QED) is 0.505. The molecule has 3 rings (SSSR count). The van der Waals surface area contributed by atoms with Crippen LogP contribution in [0.1, 0.15) is 23.7 Å². The van der Waals surface area contributed by atoms with Gasteiger partial charge in [0.05, 0.1) is 16.8 Å². The van der Waals surface area contributed by atoms with E-state index in [1.54, 1.807) is 35.2 Å². The highest BCUT2D eigenvalue weighted by atomic mass is 35.5. The number of benzene rings is 2. The lowest BCUT2D eigenvalue weighted by molar-refractivity contribution is 0.0986. The Balaban J connectivity index is 0.00000300. The first-order valence-corrected chi connectivity index (χ1v) is 10.0. The van der Waals surface area contributed by atoms with Crippen molar-refractivity contribution in [3.63, 3.8) is 0 Å². The summed E-state index contributed by atoms with van der Waals surface area (Å²) in [6.07, 6.45) is 0.806. The molecule has 29 heavy (non-hydrogen) atoms. The van der Waals surface area contributed by atoms with Crippen LogP contribution < -0.4 is 9.64 Å². The number of rotatable bonds is 8. The summed E-state index contributed by atoms with van der Waals surface area (Å²) in [6, 6.07) is 11.6. The lowest BCUT2D eigenvalue weighted by atomic mass is 10.2. The second kappa shape index (κ2) is 10.5. The van der Waals surface area contributed by atoms with Crippen LogP contribution in [0.3, 0.4) is 0 Å². The van der Waals surface area contributed by atoms with Gasteiger partial charge in [-0.05, 0) is 76.4 Å². The van der Waals surface area contributed by atoms with Gasteiger partial charge in [-0.25, -0.2) is 9.37 Å². The number of ether oxygens (including phenoxy) is 1. The van der Waals surface area contributed by atoms with Crippen molar-refractivity contribution in [1.82, 2.24) is 9.88 Å². The fourth-order valence-corrected chi connectivity index (χ4v) is 3.86. The SMILES string of the molecule is CCOc1ccc(C(=O)N(CCCN(C)C)c2nc3ccc(F)cc3s2)cc1.Cl. The monoisotopic (exact) mass is 437 g/mol. The number of anilines is 1. The third-order valence-corrected chi connectivity index (χ3v) is 5.26.